The number of rotatable bonds is 14. The summed E-state index contributed by atoms with van der Waals surface area (Å²) in [4.78, 5) is 66.0. The molecule has 2 aromatic carbocycles. The van der Waals surface area contributed by atoms with E-state index in [1.807, 2.05) is 13.8 Å². The van der Waals surface area contributed by atoms with E-state index in [1.54, 1.807) is 65.8 Å². The average Bonchev–Trinajstić information content (AvgIpc) is 4.19. The monoisotopic (exact) mass is 926 g/mol. The number of aryl methyl sites for hydroxylation is 2. The van der Waals surface area contributed by atoms with E-state index in [2.05, 4.69) is 92.3 Å². The van der Waals surface area contributed by atoms with Crippen LogP contribution in [0.4, 0.5) is 0 Å². The summed E-state index contributed by atoms with van der Waals surface area (Å²) in [6.45, 7) is 12.5. The Labute approximate surface area is 380 Å². The van der Waals surface area contributed by atoms with Crippen LogP contribution in [0.5, 0.6) is 0 Å². The van der Waals surface area contributed by atoms with Gasteiger partial charge in [-0.3, -0.25) is 28.3 Å². The largest absolute Gasteiger partial charge is 0.294 e. The van der Waals surface area contributed by atoms with Crippen molar-refractivity contribution in [2.24, 2.45) is 0 Å². The first-order chi connectivity index (χ1) is 32.9. The lowest BCUT2D eigenvalue weighted by atomic mass is 10.1. The van der Waals surface area contributed by atoms with E-state index >= 15 is 0 Å². The lowest BCUT2D eigenvalue weighted by Crippen LogP contribution is -2.30. The summed E-state index contributed by atoms with van der Waals surface area (Å²) in [5.74, 6) is 1.22. The molecule has 30 heteroatoms. The van der Waals surface area contributed by atoms with Crippen molar-refractivity contribution in [2.45, 2.75) is 105 Å². The van der Waals surface area contributed by atoms with Gasteiger partial charge in [0.1, 0.15) is 16.9 Å². The second kappa shape index (κ2) is 18.6. The molecule has 10 rings (SSSR count). The van der Waals surface area contributed by atoms with Gasteiger partial charge < -0.3 is 0 Å². The molecule has 68 heavy (non-hydrogen) atoms. The van der Waals surface area contributed by atoms with Crippen LogP contribution in [-0.2, 0) is 26.2 Å². The van der Waals surface area contributed by atoms with E-state index in [1.165, 1.54) is 49.1 Å². The fourth-order valence-corrected chi connectivity index (χ4v) is 7.67. The zero-order chi connectivity index (χ0) is 47.6. The summed E-state index contributed by atoms with van der Waals surface area (Å²) in [6.07, 6.45) is 6.95. The number of tetrazole rings is 4. The van der Waals surface area contributed by atoms with Gasteiger partial charge in [0, 0.05) is 0 Å². The molecule has 0 radical (unpaired) electrons. The fourth-order valence-electron chi connectivity index (χ4n) is 7.67. The van der Waals surface area contributed by atoms with Crippen molar-refractivity contribution in [3.05, 3.63) is 103 Å². The SMILES string of the molecule is CC[C@H](Cn1nnc(C)n1)n1cnc2cc3c(=O)n([C@H](C)Cn4ncnn4)nnc3cc2c1=O.CC[C@H](Cn1nnnc1C)n1cnc2cc3c(=O)n([C@H](C)Cn4ncnn4)nnc3cc2c1=O. The van der Waals surface area contributed by atoms with Crippen LogP contribution in [0.2, 0.25) is 0 Å². The Kier molecular flexibility index (Phi) is 12.1. The Morgan fingerprint density at radius 1 is 0.515 bits per heavy atom. The van der Waals surface area contributed by atoms with Gasteiger partial charge in [-0.15, -0.1) is 45.9 Å². The molecule has 0 saturated carbocycles. The summed E-state index contributed by atoms with van der Waals surface area (Å²) in [5, 5.41) is 64.3. The molecule has 0 bridgehead atoms. The molecule has 348 valence electrons. The topological polar surface area (TPSA) is 340 Å². The first-order valence-electron chi connectivity index (χ1n) is 21.4. The van der Waals surface area contributed by atoms with Crippen molar-refractivity contribution in [3.8, 4) is 0 Å². The zero-order valence-corrected chi connectivity index (χ0v) is 37.4. The average molecular weight is 927 g/mol. The van der Waals surface area contributed by atoms with Crippen LogP contribution in [-0.4, -0.2) is 130 Å². The van der Waals surface area contributed by atoms with Crippen molar-refractivity contribution in [3.63, 3.8) is 0 Å². The van der Waals surface area contributed by atoms with Crippen molar-refractivity contribution in [1.29, 1.82) is 0 Å². The molecule has 0 N–H and O–H groups in total. The molecule has 8 aromatic heterocycles. The third kappa shape index (κ3) is 8.67. The standard InChI is InChI=1S/2C19H21N13O2/c1-4-13(8-30-12(3)23-25-28-30)29-10-20-16-5-15-17(6-14(16)18(29)33)24-27-32(19(15)34)11(2)7-31-22-9-21-26-31;1-4-13(8-31-25-12(3)23-27-31)29-10-20-16-5-15-17(6-14(16)18(29)33)24-28-32(19(15)34)11(2)7-30-22-9-21-26-30/h2*5-6,9-11,13H,4,7-8H2,1-3H3/t2*11-,13-/m11/s1. The van der Waals surface area contributed by atoms with Crippen molar-refractivity contribution < 1.29 is 0 Å². The molecule has 0 amide bonds. The molecule has 0 aliphatic heterocycles. The third-order valence-electron chi connectivity index (χ3n) is 11.4. The maximum atomic E-state index is 13.3. The number of aromatic nitrogens is 26. The molecule has 0 spiro atoms. The number of nitrogens with zero attached hydrogens (tertiary/aromatic N) is 26. The van der Waals surface area contributed by atoms with Crippen LogP contribution in [0.25, 0.3) is 43.6 Å². The molecule has 10 aromatic rings. The number of hydrogen-bond donors (Lipinski definition) is 0. The maximum Gasteiger partial charge on any atom is 0.277 e. The van der Waals surface area contributed by atoms with E-state index in [9.17, 15) is 19.2 Å². The highest BCUT2D eigenvalue weighted by atomic mass is 16.1. The Balaban J connectivity index is 0.000000170. The van der Waals surface area contributed by atoms with Crippen LogP contribution in [0.15, 0.2) is 68.8 Å². The van der Waals surface area contributed by atoms with Crippen molar-refractivity contribution >= 4 is 43.6 Å². The highest BCUT2D eigenvalue weighted by Crippen LogP contribution is 2.20. The molecule has 8 heterocycles. The molecular formula is C38H42N26O4. The van der Waals surface area contributed by atoms with Crippen LogP contribution in [0.1, 0.15) is 76.4 Å². The molecule has 0 saturated heterocycles. The van der Waals surface area contributed by atoms with Gasteiger partial charge in [0.2, 0.25) is 0 Å². The van der Waals surface area contributed by atoms with Gasteiger partial charge >= 0.3 is 0 Å². The Bertz CT molecular complexity index is 3650. The molecule has 0 fully saturated rings. The van der Waals surface area contributed by atoms with Crippen LogP contribution < -0.4 is 22.2 Å². The molecule has 0 unspecified atom stereocenters. The van der Waals surface area contributed by atoms with E-state index in [0.29, 0.717) is 94.3 Å². The third-order valence-corrected chi connectivity index (χ3v) is 11.4. The smallest absolute Gasteiger partial charge is 0.277 e. The normalized spacial score (nSPS) is 13.5. The predicted octanol–water partition coefficient (Wildman–Crippen LogP) is -0.609. The summed E-state index contributed by atoms with van der Waals surface area (Å²) in [6, 6.07) is 5.12. The minimum atomic E-state index is -0.366. The first-order valence-corrected chi connectivity index (χ1v) is 21.4. The highest BCUT2D eigenvalue weighted by Gasteiger charge is 2.21. The second-order valence-corrected chi connectivity index (χ2v) is 16.0. The predicted molar refractivity (Wildman–Crippen MR) is 236 cm³/mol. The Morgan fingerprint density at radius 2 is 1.00 bits per heavy atom. The summed E-state index contributed by atoms with van der Waals surface area (Å²) in [5.41, 5.74) is 0.285. The summed E-state index contributed by atoms with van der Waals surface area (Å²) in [7, 11) is 0. The lowest BCUT2D eigenvalue weighted by Gasteiger charge is -2.18. The van der Waals surface area contributed by atoms with E-state index in [-0.39, 0.29) is 46.4 Å². The van der Waals surface area contributed by atoms with Crippen molar-refractivity contribution in [1.82, 2.24) is 130 Å². The molecule has 0 aliphatic rings. The van der Waals surface area contributed by atoms with Gasteiger partial charge in [-0.25, -0.2) is 24.0 Å². The van der Waals surface area contributed by atoms with Crippen LogP contribution >= 0.6 is 0 Å². The fraction of sp³-hybridized carbons (Fsp3) is 0.421. The highest BCUT2D eigenvalue weighted by molar-refractivity contribution is 5.94. The van der Waals surface area contributed by atoms with Crippen molar-refractivity contribution in [2.75, 3.05) is 0 Å². The second-order valence-electron chi connectivity index (χ2n) is 16.0. The van der Waals surface area contributed by atoms with Crippen LogP contribution in [0.3, 0.4) is 0 Å². The quantitative estimate of drug-likeness (QED) is 0.123. The zero-order valence-electron chi connectivity index (χ0n) is 37.4. The van der Waals surface area contributed by atoms with E-state index in [4.69, 9.17) is 0 Å². The maximum absolute atomic E-state index is 13.3. The minimum Gasteiger partial charge on any atom is -0.294 e. The van der Waals surface area contributed by atoms with Gasteiger partial charge in [0.15, 0.2) is 18.5 Å². The Hall–Kier alpha value is -8.86. The minimum absolute atomic E-state index is 0.201. The van der Waals surface area contributed by atoms with Gasteiger partial charge in [0.05, 0.1) is 95.6 Å². The number of fused-ring (bicyclic) bond motifs is 4. The Morgan fingerprint density at radius 3 is 1.43 bits per heavy atom. The first kappa shape index (κ1) is 44.3. The lowest BCUT2D eigenvalue weighted by molar-refractivity contribution is 0.354. The van der Waals surface area contributed by atoms with Crippen LogP contribution in [0, 0.1) is 13.8 Å². The molecule has 30 nitrogen and oxygen atoms in total. The molecule has 4 atom stereocenters. The summed E-state index contributed by atoms with van der Waals surface area (Å²) >= 11 is 0. The van der Waals surface area contributed by atoms with Gasteiger partial charge in [-0.1, -0.05) is 24.3 Å². The van der Waals surface area contributed by atoms with E-state index in [0.717, 1.165) is 0 Å². The van der Waals surface area contributed by atoms with Gasteiger partial charge in [-0.2, -0.15) is 14.4 Å². The van der Waals surface area contributed by atoms with E-state index < -0.39 is 0 Å². The number of benzene rings is 2. The molecule has 0 aliphatic carbocycles. The van der Waals surface area contributed by atoms with Gasteiger partial charge in [0.25, 0.3) is 22.2 Å². The summed E-state index contributed by atoms with van der Waals surface area (Å²) < 4.78 is 7.29. The van der Waals surface area contributed by atoms with Gasteiger partial charge in [-0.05, 0) is 90.9 Å². The number of hydrogen-bond acceptors (Lipinski definition) is 22. The molecular weight excluding hydrogens is 885 g/mol.